The first-order valence-corrected chi connectivity index (χ1v) is 7.36. The van der Waals surface area contributed by atoms with Crippen molar-refractivity contribution in [3.63, 3.8) is 0 Å². The summed E-state index contributed by atoms with van der Waals surface area (Å²) in [6.45, 7) is 5.37. The lowest BCUT2D eigenvalue weighted by molar-refractivity contribution is 0.492. The Bertz CT molecular complexity index is 718. The zero-order valence-corrected chi connectivity index (χ0v) is 12.0. The molecule has 0 bridgehead atoms. The predicted molar refractivity (Wildman–Crippen MR) is 76.2 cm³/mol. The average Bonchev–Trinajstić information content (AvgIpc) is 2.26. The van der Waals surface area contributed by atoms with Crippen molar-refractivity contribution in [2.45, 2.75) is 31.2 Å². The normalized spacial score (nSPS) is 12.8. The molecule has 19 heavy (non-hydrogen) atoms. The van der Waals surface area contributed by atoms with Gasteiger partial charge in [0.05, 0.1) is 5.52 Å². The molecule has 1 heterocycles. The molecule has 0 aliphatic carbocycles. The highest BCUT2D eigenvalue weighted by Crippen LogP contribution is 2.26. The molecule has 0 amide bonds. The Morgan fingerprint density at radius 2 is 1.89 bits per heavy atom. The maximum Gasteiger partial charge on any atom is 0.243 e. The van der Waals surface area contributed by atoms with Crippen molar-refractivity contribution >= 4 is 26.6 Å². The molecule has 0 aliphatic heterocycles. The summed E-state index contributed by atoms with van der Waals surface area (Å²) in [7, 11) is -3.63. The Hall–Kier alpha value is -1.66. The first-order chi connectivity index (χ1) is 8.71. The highest BCUT2D eigenvalue weighted by atomic mass is 32.2. The van der Waals surface area contributed by atoms with Gasteiger partial charge in [-0.05, 0) is 45.0 Å². The van der Waals surface area contributed by atoms with Crippen molar-refractivity contribution in [1.29, 1.82) is 0 Å². The number of pyridine rings is 1. The van der Waals surface area contributed by atoms with E-state index in [2.05, 4.69) is 9.71 Å². The Kier molecular flexibility index (Phi) is 3.24. The van der Waals surface area contributed by atoms with Gasteiger partial charge >= 0.3 is 0 Å². The molecule has 0 saturated carbocycles. The van der Waals surface area contributed by atoms with Gasteiger partial charge in [0.25, 0.3) is 0 Å². The van der Waals surface area contributed by atoms with Gasteiger partial charge in [-0.3, -0.25) is 4.98 Å². The van der Waals surface area contributed by atoms with E-state index in [4.69, 9.17) is 5.73 Å². The smallest absolute Gasteiger partial charge is 0.243 e. The van der Waals surface area contributed by atoms with E-state index in [9.17, 15) is 8.42 Å². The molecule has 3 N–H and O–H groups in total. The zero-order valence-electron chi connectivity index (χ0n) is 11.1. The summed E-state index contributed by atoms with van der Waals surface area (Å²) >= 11 is 0. The summed E-state index contributed by atoms with van der Waals surface area (Å²) < 4.78 is 27.4. The van der Waals surface area contributed by atoms with Crippen molar-refractivity contribution in [3.05, 3.63) is 30.5 Å². The Morgan fingerprint density at radius 1 is 1.21 bits per heavy atom. The molecule has 2 rings (SSSR count). The number of sulfonamides is 1. The predicted octanol–water partition coefficient (Wildman–Crippen LogP) is 1.89. The number of nitrogens with zero attached hydrogens (tertiary/aromatic N) is 1. The highest BCUT2D eigenvalue weighted by molar-refractivity contribution is 7.89. The number of benzene rings is 1. The van der Waals surface area contributed by atoms with Crippen LogP contribution < -0.4 is 10.5 Å². The molecule has 0 aliphatic rings. The molecule has 0 fully saturated rings. The van der Waals surface area contributed by atoms with E-state index in [1.54, 1.807) is 45.2 Å². The van der Waals surface area contributed by atoms with E-state index in [0.717, 1.165) is 0 Å². The van der Waals surface area contributed by atoms with Crippen molar-refractivity contribution in [3.8, 4) is 0 Å². The number of aromatic nitrogens is 1. The van der Waals surface area contributed by atoms with Gasteiger partial charge in [-0.25, -0.2) is 13.1 Å². The number of nitrogens with one attached hydrogen (secondary N) is 1. The molecule has 0 spiro atoms. The van der Waals surface area contributed by atoms with Gasteiger partial charge in [-0.15, -0.1) is 0 Å². The molecule has 1 aromatic heterocycles. The summed E-state index contributed by atoms with van der Waals surface area (Å²) in [5.41, 5.74) is 6.19. The van der Waals surface area contributed by atoms with Crippen molar-refractivity contribution in [2.24, 2.45) is 0 Å². The van der Waals surface area contributed by atoms with Crippen LogP contribution in [-0.4, -0.2) is 18.9 Å². The molecule has 5 nitrogen and oxygen atoms in total. The summed E-state index contributed by atoms with van der Waals surface area (Å²) in [6, 6.07) is 6.56. The van der Waals surface area contributed by atoms with E-state index in [-0.39, 0.29) is 4.90 Å². The van der Waals surface area contributed by atoms with Crippen molar-refractivity contribution < 1.29 is 8.42 Å². The number of nitrogen functional groups attached to an aromatic ring is 1. The van der Waals surface area contributed by atoms with Crippen LogP contribution in [0.5, 0.6) is 0 Å². The standard InChI is InChI=1S/C13H17N3O2S/c1-13(2,3)16-19(17,18)11-7-6-10(14)9-5-4-8-15-12(9)11/h4-8,16H,14H2,1-3H3. The first-order valence-electron chi connectivity index (χ1n) is 5.88. The van der Waals surface area contributed by atoms with Gasteiger partial charge in [0.2, 0.25) is 10.0 Å². The number of anilines is 1. The molecular formula is C13H17N3O2S. The molecule has 2 aromatic rings. The lowest BCUT2D eigenvalue weighted by atomic mass is 10.1. The van der Waals surface area contributed by atoms with Crippen molar-refractivity contribution in [1.82, 2.24) is 9.71 Å². The third kappa shape index (κ3) is 2.85. The summed E-state index contributed by atoms with van der Waals surface area (Å²) in [5, 5.41) is 0.638. The van der Waals surface area contributed by atoms with E-state index in [0.29, 0.717) is 16.6 Å². The Balaban J connectivity index is 2.67. The molecule has 6 heteroatoms. The molecule has 0 atom stereocenters. The van der Waals surface area contributed by atoms with Crippen LogP contribution >= 0.6 is 0 Å². The average molecular weight is 279 g/mol. The lowest BCUT2D eigenvalue weighted by Gasteiger charge is -2.21. The van der Waals surface area contributed by atoms with E-state index in [1.165, 1.54) is 6.07 Å². The fourth-order valence-electron chi connectivity index (χ4n) is 1.84. The van der Waals surface area contributed by atoms with E-state index >= 15 is 0 Å². The maximum atomic E-state index is 12.4. The molecule has 0 unspecified atom stereocenters. The monoisotopic (exact) mass is 279 g/mol. The Morgan fingerprint density at radius 3 is 2.53 bits per heavy atom. The fraction of sp³-hybridized carbons (Fsp3) is 0.308. The minimum absolute atomic E-state index is 0.146. The molecule has 0 saturated heterocycles. The molecule has 1 aromatic carbocycles. The highest BCUT2D eigenvalue weighted by Gasteiger charge is 2.24. The quantitative estimate of drug-likeness (QED) is 0.822. The lowest BCUT2D eigenvalue weighted by Crippen LogP contribution is -2.40. The maximum absolute atomic E-state index is 12.4. The van der Waals surface area contributed by atoms with Crippen LogP contribution in [0.25, 0.3) is 10.9 Å². The van der Waals surface area contributed by atoms with Gasteiger partial charge in [0.15, 0.2) is 0 Å². The van der Waals surface area contributed by atoms with Gasteiger partial charge in [0, 0.05) is 22.8 Å². The summed E-state index contributed by atoms with van der Waals surface area (Å²) in [5.74, 6) is 0. The number of rotatable bonds is 2. The second-order valence-corrected chi connectivity index (χ2v) is 7.06. The van der Waals surface area contributed by atoms with Crippen LogP contribution in [0.3, 0.4) is 0 Å². The van der Waals surface area contributed by atoms with Crippen LogP contribution in [0.15, 0.2) is 35.4 Å². The molecular weight excluding hydrogens is 262 g/mol. The van der Waals surface area contributed by atoms with Crippen LogP contribution in [0.4, 0.5) is 5.69 Å². The van der Waals surface area contributed by atoms with Gasteiger partial charge in [-0.1, -0.05) is 0 Å². The molecule has 102 valence electrons. The number of hydrogen-bond donors (Lipinski definition) is 2. The van der Waals surface area contributed by atoms with E-state index in [1.807, 2.05) is 0 Å². The number of nitrogens with two attached hydrogens (primary N) is 1. The summed E-state index contributed by atoms with van der Waals surface area (Å²) in [6.07, 6.45) is 1.55. The third-order valence-electron chi connectivity index (χ3n) is 2.50. The first kappa shape index (κ1) is 13.8. The number of hydrogen-bond acceptors (Lipinski definition) is 4. The van der Waals surface area contributed by atoms with Crippen molar-refractivity contribution in [2.75, 3.05) is 5.73 Å². The molecule has 0 radical (unpaired) electrons. The van der Waals surface area contributed by atoms with Gasteiger partial charge in [-0.2, -0.15) is 0 Å². The minimum Gasteiger partial charge on any atom is -0.398 e. The van der Waals surface area contributed by atoms with Gasteiger partial charge in [0.1, 0.15) is 4.90 Å². The topological polar surface area (TPSA) is 85.1 Å². The Labute approximate surface area is 112 Å². The largest absolute Gasteiger partial charge is 0.398 e. The number of fused-ring (bicyclic) bond motifs is 1. The van der Waals surface area contributed by atoms with Crippen LogP contribution in [-0.2, 0) is 10.0 Å². The SMILES string of the molecule is CC(C)(C)NS(=O)(=O)c1ccc(N)c2cccnc12. The van der Waals surface area contributed by atoms with E-state index < -0.39 is 15.6 Å². The second kappa shape index (κ2) is 4.47. The third-order valence-corrected chi connectivity index (χ3v) is 4.29. The van der Waals surface area contributed by atoms with Crippen LogP contribution in [0.1, 0.15) is 20.8 Å². The van der Waals surface area contributed by atoms with Gasteiger partial charge < -0.3 is 5.73 Å². The zero-order chi connectivity index (χ0) is 14.3. The minimum atomic E-state index is -3.63. The van der Waals surface area contributed by atoms with Crippen LogP contribution in [0.2, 0.25) is 0 Å². The van der Waals surface area contributed by atoms with Crippen LogP contribution in [0, 0.1) is 0 Å². The fourth-order valence-corrected chi connectivity index (χ4v) is 3.42. The summed E-state index contributed by atoms with van der Waals surface area (Å²) in [4.78, 5) is 4.28. The second-order valence-electron chi connectivity index (χ2n) is 5.41.